The number of halogens is 3. The highest BCUT2D eigenvalue weighted by atomic mass is 19.4. The number of anilines is 2. The SMILES string of the molecule is CC1CCCCN1c1cc(C(F)(F)F)cnc1N. The van der Waals surface area contributed by atoms with Crippen molar-refractivity contribution in [3.8, 4) is 0 Å². The first-order valence-electron chi connectivity index (χ1n) is 5.99. The minimum atomic E-state index is -4.38. The molecule has 0 saturated carbocycles. The smallest absolute Gasteiger partial charge is 0.382 e. The standard InChI is InChI=1S/C12H16F3N3/c1-8-4-2-3-5-18(8)10-6-9(12(13,14)15)7-17-11(10)16/h6-8H,2-5H2,1H3,(H2,16,17). The molecule has 1 fully saturated rings. The van der Waals surface area contributed by atoms with Gasteiger partial charge in [-0.05, 0) is 32.3 Å². The van der Waals surface area contributed by atoms with E-state index in [1.807, 2.05) is 11.8 Å². The molecule has 1 aromatic rings. The Morgan fingerprint density at radius 1 is 1.39 bits per heavy atom. The van der Waals surface area contributed by atoms with E-state index in [1.54, 1.807) is 0 Å². The van der Waals surface area contributed by atoms with Crippen LogP contribution in [-0.4, -0.2) is 17.6 Å². The van der Waals surface area contributed by atoms with Gasteiger partial charge in [-0.25, -0.2) is 4.98 Å². The Balaban J connectivity index is 2.37. The highest BCUT2D eigenvalue weighted by Crippen LogP contribution is 2.35. The first-order chi connectivity index (χ1) is 8.39. The summed E-state index contributed by atoms with van der Waals surface area (Å²) in [6.45, 7) is 2.73. The van der Waals surface area contributed by atoms with Gasteiger partial charge in [-0.3, -0.25) is 0 Å². The number of nitrogen functional groups attached to an aromatic ring is 1. The fourth-order valence-electron chi connectivity index (χ4n) is 2.30. The van der Waals surface area contributed by atoms with Crippen LogP contribution in [-0.2, 0) is 6.18 Å². The lowest BCUT2D eigenvalue weighted by molar-refractivity contribution is -0.137. The molecule has 1 aromatic heterocycles. The monoisotopic (exact) mass is 259 g/mol. The molecule has 0 amide bonds. The van der Waals surface area contributed by atoms with Gasteiger partial charge in [-0.15, -0.1) is 0 Å². The second-order valence-electron chi connectivity index (χ2n) is 4.66. The van der Waals surface area contributed by atoms with Crippen molar-refractivity contribution in [2.45, 2.75) is 38.4 Å². The van der Waals surface area contributed by atoms with E-state index in [1.165, 1.54) is 0 Å². The third-order valence-corrected chi connectivity index (χ3v) is 3.34. The number of piperidine rings is 1. The lowest BCUT2D eigenvalue weighted by atomic mass is 10.0. The zero-order valence-electron chi connectivity index (χ0n) is 10.2. The predicted molar refractivity (Wildman–Crippen MR) is 64.3 cm³/mol. The molecular weight excluding hydrogens is 243 g/mol. The molecule has 18 heavy (non-hydrogen) atoms. The van der Waals surface area contributed by atoms with E-state index in [9.17, 15) is 13.2 Å². The Kier molecular flexibility index (Phi) is 3.36. The van der Waals surface area contributed by atoms with Gasteiger partial charge in [0.15, 0.2) is 0 Å². The van der Waals surface area contributed by atoms with Crippen molar-refractivity contribution < 1.29 is 13.2 Å². The van der Waals surface area contributed by atoms with Gasteiger partial charge >= 0.3 is 6.18 Å². The van der Waals surface area contributed by atoms with Gasteiger partial charge in [0.25, 0.3) is 0 Å². The molecule has 1 saturated heterocycles. The van der Waals surface area contributed by atoms with Crippen molar-refractivity contribution >= 4 is 11.5 Å². The lowest BCUT2D eigenvalue weighted by Gasteiger charge is -2.36. The Hall–Kier alpha value is -1.46. The molecule has 0 radical (unpaired) electrons. The van der Waals surface area contributed by atoms with Gasteiger partial charge in [0.2, 0.25) is 0 Å². The number of rotatable bonds is 1. The first-order valence-corrected chi connectivity index (χ1v) is 5.99. The van der Waals surface area contributed by atoms with Gasteiger partial charge in [0.1, 0.15) is 5.82 Å². The summed E-state index contributed by atoms with van der Waals surface area (Å²) >= 11 is 0. The number of hydrogen-bond acceptors (Lipinski definition) is 3. The Morgan fingerprint density at radius 2 is 2.11 bits per heavy atom. The second-order valence-corrected chi connectivity index (χ2v) is 4.66. The van der Waals surface area contributed by atoms with E-state index in [2.05, 4.69) is 4.98 Å². The summed E-state index contributed by atoms with van der Waals surface area (Å²) in [6, 6.07) is 1.30. The predicted octanol–water partition coefficient (Wildman–Crippen LogP) is 3.06. The lowest BCUT2D eigenvalue weighted by Crippen LogP contribution is -2.38. The summed E-state index contributed by atoms with van der Waals surface area (Å²) in [5, 5.41) is 0. The van der Waals surface area contributed by atoms with Crippen molar-refractivity contribution in [1.82, 2.24) is 4.98 Å². The zero-order chi connectivity index (χ0) is 13.3. The molecule has 6 heteroatoms. The molecular formula is C12H16F3N3. The molecule has 1 unspecified atom stereocenters. The molecule has 2 heterocycles. The zero-order valence-corrected chi connectivity index (χ0v) is 10.2. The quantitative estimate of drug-likeness (QED) is 0.842. The van der Waals surface area contributed by atoms with Crippen LogP contribution < -0.4 is 10.6 Å². The third-order valence-electron chi connectivity index (χ3n) is 3.34. The van der Waals surface area contributed by atoms with E-state index in [4.69, 9.17) is 5.73 Å². The summed E-state index contributed by atoms with van der Waals surface area (Å²) in [6.07, 6.45) is -0.554. The normalized spacial score (nSPS) is 21.1. The molecule has 2 rings (SSSR count). The largest absolute Gasteiger partial charge is 0.417 e. The summed E-state index contributed by atoms with van der Waals surface area (Å²) in [7, 11) is 0. The maximum Gasteiger partial charge on any atom is 0.417 e. The van der Waals surface area contributed by atoms with Crippen molar-refractivity contribution in [3.05, 3.63) is 17.8 Å². The number of nitrogens with zero attached hydrogens (tertiary/aromatic N) is 2. The second kappa shape index (κ2) is 4.66. The first kappa shape index (κ1) is 13.0. The van der Waals surface area contributed by atoms with E-state index < -0.39 is 11.7 Å². The van der Waals surface area contributed by atoms with Crippen LogP contribution in [0.15, 0.2) is 12.3 Å². The van der Waals surface area contributed by atoms with Gasteiger partial charge in [-0.2, -0.15) is 13.2 Å². The minimum absolute atomic E-state index is 0.164. The van der Waals surface area contributed by atoms with Crippen LogP contribution in [0.1, 0.15) is 31.7 Å². The average molecular weight is 259 g/mol. The van der Waals surface area contributed by atoms with Crippen LogP contribution in [0.4, 0.5) is 24.7 Å². The fraction of sp³-hybridized carbons (Fsp3) is 0.583. The number of pyridine rings is 1. The number of hydrogen-bond donors (Lipinski definition) is 1. The highest BCUT2D eigenvalue weighted by Gasteiger charge is 2.32. The maximum absolute atomic E-state index is 12.7. The van der Waals surface area contributed by atoms with Crippen LogP contribution >= 0.6 is 0 Å². The number of nitrogens with two attached hydrogens (primary N) is 1. The molecule has 3 nitrogen and oxygen atoms in total. The molecule has 1 aliphatic rings. The topological polar surface area (TPSA) is 42.2 Å². The molecule has 2 N–H and O–H groups in total. The van der Waals surface area contributed by atoms with E-state index in [0.29, 0.717) is 5.69 Å². The van der Waals surface area contributed by atoms with Crippen molar-refractivity contribution in [2.24, 2.45) is 0 Å². The Bertz CT molecular complexity index is 431. The van der Waals surface area contributed by atoms with Crippen LogP contribution in [0.2, 0.25) is 0 Å². The highest BCUT2D eigenvalue weighted by molar-refractivity contribution is 5.65. The van der Waals surface area contributed by atoms with E-state index in [-0.39, 0.29) is 11.9 Å². The number of aromatic nitrogens is 1. The molecule has 1 aliphatic heterocycles. The van der Waals surface area contributed by atoms with Gasteiger partial charge in [0, 0.05) is 18.8 Å². The van der Waals surface area contributed by atoms with Crippen LogP contribution in [0.3, 0.4) is 0 Å². The third kappa shape index (κ3) is 2.52. The van der Waals surface area contributed by atoms with Crippen LogP contribution in [0.5, 0.6) is 0 Å². The van der Waals surface area contributed by atoms with Crippen molar-refractivity contribution in [1.29, 1.82) is 0 Å². The molecule has 1 atom stereocenters. The van der Waals surface area contributed by atoms with Crippen molar-refractivity contribution in [2.75, 3.05) is 17.2 Å². The minimum Gasteiger partial charge on any atom is -0.382 e. The molecule has 0 aromatic carbocycles. The summed E-state index contributed by atoms with van der Waals surface area (Å²) < 4.78 is 38.0. The molecule has 0 bridgehead atoms. The van der Waals surface area contributed by atoms with Gasteiger partial charge < -0.3 is 10.6 Å². The Labute approximate surface area is 104 Å². The summed E-state index contributed by atoms with van der Waals surface area (Å²) in [5.74, 6) is 0.164. The van der Waals surface area contributed by atoms with Crippen molar-refractivity contribution in [3.63, 3.8) is 0 Å². The number of alkyl halides is 3. The maximum atomic E-state index is 12.7. The molecule has 0 spiro atoms. The van der Waals surface area contributed by atoms with Gasteiger partial charge in [-0.1, -0.05) is 0 Å². The molecule has 0 aliphatic carbocycles. The summed E-state index contributed by atoms with van der Waals surface area (Å²) in [4.78, 5) is 5.59. The van der Waals surface area contributed by atoms with Crippen LogP contribution in [0.25, 0.3) is 0 Å². The van der Waals surface area contributed by atoms with Gasteiger partial charge in [0.05, 0.1) is 11.3 Å². The average Bonchev–Trinajstić information content (AvgIpc) is 2.29. The fourth-order valence-corrected chi connectivity index (χ4v) is 2.30. The van der Waals surface area contributed by atoms with E-state index in [0.717, 1.165) is 38.1 Å². The Morgan fingerprint density at radius 3 is 2.72 bits per heavy atom. The van der Waals surface area contributed by atoms with E-state index >= 15 is 0 Å². The van der Waals surface area contributed by atoms with Crippen LogP contribution in [0, 0.1) is 0 Å². The molecule has 100 valence electrons. The summed E-state index contributed by atoms with van der Waals surface area (Å²) in [5.41, 5.74) is 5.36.